The number of thioether (sulfide) groups is 1. The highest BCUT2D eigenvalue weighted by Gasteiger charge is 2.14. The van der Waals surface area contributed by atoms with Gasteiger partial charge in [0, 0.05) is 25.9 Å². The zero-order valence-electron chi connectivity index (χ0n) is 17.5. The fourth-order valence-electron chi connectivity index (χ4n) is 2.92. The molecule has 0 bridgehead atoms. The second kappa shape index (κ2) is 11.4. The average Bonchev–Trinajstić information content (AvgIpc) is 2.79. The van der Waals surface area contributed by atoms with Gasteiger partial charge in [-0.1, -0.05) is 23.9 Å². The summed E-state index contributed by atoms with van der Waals surface area (Å²) in [5, 5.41) is 6.03. The topological polar surface area (TPSA) is 102 Å². The van der Waals surface area contributed by atoms with Crippen molar-refractivity contribution in [2.75, 3.05) is 31.3 Å². The first-order valence-electron chi connectivity index (χ1n) is 9.91. The fourth-order valence-corrected chi connectivity index (χ4v) is 3.78. The molecule has 10 heteroatoms. The summed E-state index contributed by atoms with van der Waals surface area (Å²) in [4.78, 5) is 41.6. The van der Waals surface area contributed by atoms with E-state index in [1.807, 2.05) is 0 Å². The number of hydrogen-bond donors (Lipinski definition) is 2. The molecule has 0 aliphatic rings. The number of rotatable bonds is 10. The van der Waals surface area contributed by atoms with Crippen molar-refractivity contribution in [3.05, 3.63) is 64.7 Å². The van der Waals surface area contributed by atoms with E-state index >= 15 is 0 Å². The predicted octanol–water partition coefficient (Wildman–Crippen LogP) is 2.42. The Morgan fingerprint density at radius 2 is 1.88 bits per heavy atom. The maximum absolute atomic E-state index is 12.9. The van der Waals surface area contributed by atoms with Gasteiger partial charge in [-0.05, 0) is 42.8 Å². The van der Waals surface area contributed by atoms with Crippen molar-refractivity contribution in [1.82, 2.24) is 14.9 Å². The number of nitrogens with zero attached hydrogens (tertiary/aromatic N) is 2. The first-order chi connectivity index (χ1) is 15.5. The van der Waals surface area contributed by atoms with Crippen LogP contribution in [-0.2, 0) is 20.9 Å². The Labute approximate surface area is 188 Å². The SMILES string of the molecule is COCCCn1c(SCC(=O)NCC(=O)Nc2ccc(F)cc2)nc2ccccc2c1=O. The van der Waals surface area contributed by atoms with Gasteiger partial charge in [-0.15, -0.1) is 0 Å². The molecule has 1 aromatic heterocycles. The van der Waals surface area contributed by atoms with E-state index in [-0.39, 0.29) is 23.8 Å². The normalized spacial score (nSPS) is 10.8. The molecule has 3 aromatic rings. The van der Waals surface area contributed by atoms with Crippen LogP contribution in [0.15, 0.2) is 58.5 Å². The van der Waals surface area contributed by atoms with Crippen LogP contribution in [0.4, 0.5) is 10.1 Å². The van der Waals surface area contributed by atoms with Crippen molar-refractivity contribution in [2.24, 2.45) is 0 Å². The Kier molecular flexibility index (Phi) is 8.34. The number of methoxy groups -OCH3 is 1. The Morgan fingerprint density at radius 1 is 1.12 bits per heavy atom. The van der Waals surface area contributed by atoms with Crippen LogP contribution in [0.25, 0.3) is 10.9 Å². The van der Waals surface area contributed by atoms with E-state index in [4.69, 9.17) is 4.74 Å². The van der Waals surface area contributed by atoms with E-state index in [9.17, 15) is 18.8 Å². The van der Waals surface area contributed by atoms with Gasteiger partial charge in [-0.3, -0.25) is 19.0 Å². The summed E-state index contributed by atoms with van der Waals surface area (Å²) in [6, 6.07) is 12.4. The minimum absolute atomic E-state index is 0.0150. The smallest absolute Gasteiger partial charge is 0.262 e. The van der Waals surface area contributed by atoms with E-state index in [1.165, 1.54) is 24.3 Å². The monoisotopic (exact) mass is 458 g/mol. The van der Waals surface area contributed by atoms with Gasteiger partial charge in [0.2, 0.25) is 11.8 Å². The Bertz CT molecular complexity index is 1150. The van der Waals surface area contributed by atoms with Crippen molar-refractivity contribution in [2.45, 2.75) is 18.1 Å². The summed E-state index contributed by atoms with van der Waals surface area (Å²) in [5.41, 5.74) is 0.816. The number of benzene rings is 2. The minimum Gasteiger partial charge on any atom is -0.385 e. The van der Waals surface area contributed by atoms with E-state index in [0.29, 0.717) is 41.3 Å². The van der Waals surface area contributed by atoms with Gasteiger partial charge in [0.15, 0.2) is 5.16 Å². The molecule has 2 N–H and O–H groups in total. The molecule has 0 atom stereocenters. The van der Waals surface area contributed by atoms with Crippen molar-refractivity contribution in [1.29, 1.82) is 0 Å². The Morgan fingerprint density at radius 3 is 2.62 bits per heavy atom. The number of amides is 2. The minimum atomic E-state index is -0.435. The molecule has 0 spiro atoms. The Balaban J connectivity index is 1.60. The van der Waals surface area contributed by atoms with Crippen LogP contribution in [0, 0.1) is 5.82 Å². The summed E-state index contributed by atoms with van der Waals surface area (Å²) in [7, 11) is 1.59. The number of carbonyl (C=O) groups excluding carboxylic acids is 2. The number of ether oxygens (including phenoxy) is 1. The highest BCUT2D eigenvalue weighted by atomic mass is 32.2. The van der Waals surface area contributed by atoms with E-state index in [2.05, 4.69) is 15.6 Å². The molecule has 0 unspecified atom stereocenters. The molecule has 0 aliphatic heterocycles. The first-order valence-corrected chi connectivity index (χ1v) is 10.9. The van der Waals surface area contributed by atoms with Crippen molar-refractivity contribution < 1.29 is 18.7 Å². The quantitative estimate of drug-likeness (QED) is 0.275. The van der Waals surface area contributed by atoms with Gasteiger partial charge in [0.25, 0.3) is 5.56 Å². The summed E-state index contributed by atoms with van der Waals surface area (Å²) in [6.07, 6.45) is 0.625. The third-order valence-electron chi connectivity index (χ3n) is 4.46. The lowest BCUT2D eigenvalue weighted by Crippen LogP contribution is -2.34. The number of fused-ring (bicyclic) bond motifs is 1. The molecule has 0 saturated carbocycles. The molecule has 0 aliphatic carbocycles. The number of nitrogens with one attached hydrogen (secondary N) is 2. The highest BCUT2D eigenvalue weighted by molar-refractivity contribution is 7.99. The van der Waals surface area contributed by atoms with Gasteiger partial charge >= 0.3 is 0 Å². The maximum atomic E-state index is 12.9. The van der Waals surface area contributed by atoms with Crippen molar-refractivity contribution in [3.8, 4) is 0 Å². The zero-order valence-corrected chi connectivity index (χ0v) is 18.3. The largest absolute Gasteiger partial charge is 0.385 e. The number of hydrogen-bond acceptors (Lipinski definition) is 6. The number of anilines is 1. The molecule has 0 fully saturated rings. The molecule has 3 rings (SSSR count). The second-order valence-corrected chi connectivity index (χ2v) is 7.78. The summed E-state index contributed by atoms with van der Waals surface area (Å²) in [5.74, 6) is -1.24. The number of halogens is 1. The van der Waals surface area contributed by atoms with Gasteiger partial charge < -0.3 is 15.4 Å². The van der Waals surface area contributed by atoms with Crippen molar-refractivity contribution >= 4 is 40.2 Å². The van der Waals surface area contributed by atoms with Crippen LogP contribution in [0.1, 0.15) is 6.42 Å². The standard InChI is InChI=1S/C22H23FN4O4S/c1-31-12-4-11-27-21(30)17-5-2-3-6-18(17)26-22(27)32-14-20(29)24-13-19(28)25-16-9-7-15(23)8-10-16/h2-3,5-10H,4,11-14H2,1H3,(H,24,29)(H,25,28). The summed E-state index contributed by atoms with van der Waals surface area (Å²) < 4.78 is 19.5. The van der Waals surface area contributed by atoms with Crippen molar-refractivity contribution in [3.63, 3.8) is 0 Å². The molecule has 2 aromatic carbocycles. The van der Waals surface area contributed by atoms with E-state index in [1.54, 1.807) is 35.9 Å². The molecule has 1 heterocycles. The van der Waals surface area contributed by atoms with Crippen LogP contribution < -0.4 is 16.2 Å². The van der Waals surface area contributed by atoms with Crippen LogP contribution in [0.2, 0.25) is 0 Å². The van der Waals surface area contributed by atoms with Crippen LogP contribution in [0.3, 0.4) is 0 Å². The summed E-state index contributed by atoms with van der Waals surface area (Å²) >= 11 is 1.13. The first kappa shape index (κ1) is 23.4. The molecule has 8 nitrogen and oxygen atoms in total. The molecule has 168 valence electrons. The molecule has 32 heavy (non-hydrogen) atoms. The zero-order chi connectivity index (χ0) is 22.9. The third-order valence-corrected chi connectivity index (χ3v) is 5.44. The lowest BCUT2D eigenvalue weighted by Gasteiger charge is -2.13. The Hall–Kier alpha value is -3.24. The average molecular weight is 459 g/mol. The van der Waals surface area contributed by atoms with Crippen LogP contribution in [-0.4, -0.2) is 47.4 Å². The second-order valence-electron chi connectivity index (χ2n) is 6.84. The van der Waals surface area contributed by atoms with Gasteiger partial charge in [0.05, 0.1) is 23.2 Å². The van der Waals surface area contributed by atoms with Crippen LogP contribution >= 0.6 is 11.8 Å². The van der Waals surface area contributed by atoms with Crippen LogP contribution in [0.5, 0.6) is 0 Å². The summed E-state index contributed by atoms with van der Waals surface area (Å²) in [6.45, 7) is 0.671. The van der Waals surface area contributed by atoms with E-state index in [0.717, 1.165) is 11.8 Å². The van der Waals surface area contributed by atoms with E-state index < -0.39 is 11.7 Å². The number of carbonyl (C=O) groups is 2. The molecule has 2 amide bonds. The molecule has 0 radical (unpaired) electrons. The highest BCUT2D eigenvalue weighted by Crippen LogP contribution is 2.18. The maximum Gasteiger partial charge on any atom is 0.262 e. The van der Waals surface area contributed by atoms with Gasteiger partial charge in [-0.25, -0.2) is 9.37 Å². The van der Waals surface area contributed by atoms with Gasteiger partial charge in [0.1, 0.15) is 5.82 Å². The number of para-hydroxylation sites is 1. The predicted molar refractivity (Wildman–Crippen MR) is 121 cm³/mol. The van der Waals surface area contributed by atoms with Gasteiger partial charge in [-0.2, -0.15) is 0 Å². The molecule has 0 saturated heterocycles. The number of aromatic nitrogens is 2. The fraction of sp³-hybridized carbons (Fsp3) is 0.273. The molecular formula is C22H23FN4O4S. The lowest BCUT2D eigenvalue weighted by atomic mass is 10.2. The third kappa shape index (κ3) is 6.38. The molecular weight excluding hydrogens is 435 g/mol. The lowest BCUT2D eigenvalue weighted by molar-refractivity contribution is -0.122.